The van der Waals surface area contributed by atoms with Gasteiger partial charge in [-0.2, -0.15) is 0 Å². The van der Waals surface area contributed by atoms with Crippen LogP contribution in [0.5, 0.6) is 0 Å². The van der Waals surface area contributed by atoms with Crippen molar-refractivity contribution in [1.29, 1.82) is 0 Å². The summed E-state index contributed by atoms with van der Waals surface area (Å²) in [5.41, 5.74) is 1.11. The Morgan fingerprint density at radius 1 is 1.17 bits per heavy atom. The van der Waals surface area contributed by atoms with Crippen molar-refractivity contribution >= 4 is 28.8 Å². The highest BCUT2D eigenvalue weighted by molar-refractivity contribution is 7.12. The lowest BCUT2D eigenvalue weighted by Gasteiger charge is -2.37. The van der Waals surface area contributed by atoms with Gasteiger partial charge >= 0.3 is 0 Å². The van der Waals surface area contributed by atoms with Gasteiger partial charge in [-0.1, -0.05) is 32.0 Å². The largest absolute Gasteiger partial charge is 0.379 e. The smallest absolute Gasteiger partial charge is 0.268 e. The molecule has 156 valence electrons. The summed E-state index contributed by atoms with van der Waals surface area (Å²) in [7, 11) is 1.71. The van der Waals surface area contributed by atoms with Gasteiger partial charge < -0.3 is 15.0 Å². The zero-order chi connectivity index (χ0) is 20.8. The first-order chi connectivity index (χ1) is 14.0. The van der Waals surface area contributed by atoms with Crippen LogP contribution >= 0.6 is 11.3 Å². The Hall–Kier alpha value is -2.22. The highest BCUT2D eigenvalue weighted by atomic mass is 32.1. The first-order valence-corrected chi connectivity index (χ1v) is 10.9. The third-order valence-electron chi connectivity index (χ3n) is 5.30. The van der Waals surface area contributed by atoms with E-state index in [1.807, 2.05) is 29.6 Å². The molecule has 2 heterocycles. The second-order valence-corrected chi connectivity index (χ2v) is 8.48. The molecule has 1 aromatic heterocycles. The van der Waals surface area contributed by atoms with E-state index in [1.54, 1.807) is 24.1 Å². The molecule has 0 saturated carbocycles. The molecular formula is C22H29N3O3S. The summed E-state index contributed by atoms with van der Waals surface area (Å²) in [5, 5.41) is 4.96. The lowest BCUT2D eigenvalue weighted by atomic mass is 10.0. The maximum atomic E-state index is 13.0. The Balaban J connectivity index is 1.71. The van der Waals surface area contributed by atoms with Crippen molar-refractivity contribution in [3.63, 3.8) is 0 Å². The predicted octanol–water partition coefficient (Wildman–Crippen LogP) is 3.11. The molecule has 6 nitrogen and oxygen atoms in total. The van der Waals surface area contributed by atoms with E-state index in [1.165, 1.54) is 11.3 Å². The summed E-state index contributed by atoms with van der Waals surface area (Å²) in [5.74, 6) is 0.130. The number of benzene rings is 1. The maximum absolute atomic E-state index is 13.0. The van der Waals surface area contributed by atoms with E-state index in [0.29, 0.717) is 28.6 Å². The molecule has 1 atom stereocenters. The molecule has 1 aromatic carbocycles. The number of amides is 2. The maximum Gasteiger partial charge on any atom is 0.268 e. The first-order valence-electron chi connectivity index (χ1n) is 9.99. The van der Waals surface area contributed by atoms with Crippen LogP contribution in [0, 0.1) is 5.92 Å². The molecule has 1 aliphatic rings. The summed E-state index contributed by atoms with van der Waals surface area (Å²) in [6.45, 7) is 8.14. The number of ether oxygens (including phenoxy) is 1. The topological polar surface area (TPSA) is 61.9 Å². The molecule has 29 heavy (non-hydrogen) atoms. The molecule has 7 heteroatoms. The molecule has 0 bridgehead atoms. The van der Waals surface area contributed by atoms with Gasteiger partial charge in [0.05, 0.1) is 29.3 Å². The number of hydrogen-bond acceptors (Lipinski definition) is 5. The molecule has 2 aromatic rings. The minimum atomic E-state index is -0.162. The van der Waals surface area contributed by atoms with Gasteiger partial charge in [0.25, 0.3) is 11.8 Å². The molecule has 1 fully saturated rings. The molecule has 1 saturated heterocycles. The number of rotatable bonds is 7. The van der Waals surface area contributed by atoms with E-state index >= 15 is 0 Å². The van der Waals surface area contributed by atoms with Crippen LogP contribution in [0.15, 0.2) is 41.8 Å². The Labute approximate surface area is 176 Å². The molecule has 0 aliphatic carbocycles. The molecular weight excluding hydrogens is 386 g/mol. The number of morpholine rings is 1. The minimum Gasteiger partial charge on any atom is -0.379 e. The lowest BCUT2D eigenvalue weighted by Crippen LogP contribution is -2.51. The van der Waals surface area contributed by atoms with Crippen molar-refractivity contribution < 1.29 is 14.3 Å². The van der Waals surface area contributed by atoms with Crippen LogP contribution in [0.3, 0.4) is 0 Å². The summed E-state index contributed by atoms with van der Waals surface area (Å²) in [4.78, 5) is 30.3. The normalized spacial score (nSPS) is 15.9. The third-order valence-corrected chi connectivity index (χ3v) is 6.16. The van der Waals surface area contributed by atoms with Crippen LogP contribution in [-0.2, 0) is 4.74 Å². The highest BCUT2D eigenvalue weighted by Crippen LogP contribution is 2.23. The fraction of sp³-hybridized carbons (Fsp3) is 0.455. The number of nitrogens with one attached hydrogen (secondary N) is 1. The Morgan fingerprint density at radius 3 is 2.55 bits per heavy atom. The van der Waals surface area contributed by atoms with Gasteiger partial charge in [-0.25, -0.2) is 0 Å². The molecule has 3 rings (SSSR count). The Kier molecular flexibility index (Phi) is 7.41. The summed E-state index contributed by atoms with van der Waals surface area (Å²) < 4.78 is 5.45. The third kappa shape index (κ3) is 5.23. The van der Waals surface area contributed by atoms with Gasteiger partial charge in [-0.05, 0) is 29.5 Å². The summed E-state index contributed by atoms with van der Waals surface area (Å²) >= 11 is 1.39. The van der Waals surface area contributed by atoms with Gasteiger partial charge in [0.2, 0.25) is 0 Å². The van der Waals surface area contributed by atoms with E-state index in [-0.39, 0.29) is 17.9 Å². The number of thiophene rings is 1. The van der Waals surface area contributed by atoms with Crippen LogP contribution in [0.1, 0.15) is 33.9 Å². The highest BCUT2D eigenvalue weighted by Gasteiger charge is 2.25. The molecule has 1 unspecified atom stereocenters. The van der Waals surface area contributed by atoms with Crippen LogP contribution in [-0.4, -0.2) is 62.7 Å². The molecule has 2 amide bonds. The zero-order valence-electron chi connectivity index (χ0n) is 17.3. The molecule has 1 N–H and O–H groups in total. The van der Waals surface area contributed by atoms with Crippen LogP contribution in [0.25, 0.3) is 0 Å². The number of carbonyl (C=O) groups excluding carboxylic acids is 2. The SMILES string of the molecule is CC(C)C(CNC(=O)c1ccccc1N(C)C(=O)c1cccs1)N1CCOCC1. The van der Waals surface area contributed by atoms with Gasteiger partial charge in [0.1, 0.15) is 0 Å². The van der Waals surface area contributed by atoms with E-state index in [4.69, 9.17) is 4.74 Å². The van der Waals surface area contributed by atoms with Gasteiger partial charge in [-0.15, -0.1) is 11.3 Å². The zero-order valence-corrected chi connectivity index (χ0v) is 18.1. The second kappa shape index (κ2) is 10.0. The van der Waals surface area contributed by atoms with Gasteiger partial charge in [0.15, 0.2) is 0 Å². The van der Waals surface area contributed by atoms with Crippen LogP contribution < -0.4 is 10.2 Å². The minimum absolute atomic E-state index is 0.117. The fourth-order valence-corrected chi connectivity index (χ4v) is 4.32. The first kappa shape index (κ1) is 21.5. The monoisotopic (exact) mass is 415 g/mol. The van der Waals surface area contributed by atoms with E-state index in [2.05, 4.69) is 24.1 Å². The Morgan fingerprint density at radius 2 is 1.90 bits per heavy atom. The van der Waals surface area contributed by atoms with E-state index < -0.39 is 0 Å². The van der Waals surface area contributed by atoms with Crippen molar-refractivity contribution in [3.8, 4) is 0 Å². The fourth-order valence-electron chi connectivity index (χ4n) is 3.62. The quantitative estimate of drug-likeness (QED) is 0.755. The molecule has 0 spiro atoms. The Bertz CT molecular complexity index is 816. The van der Waals surface area contributed by atoms with Crippen molar-refractivity contribution in [2.45, 2.75) is 19.9 Å². The average molecular weight is 416 g/mol. The second-order valence-electron chi connectivity index (χ2n) is 7.53. The van der Waals surface area contributed by atoms with Crippen LogP contribution in [0.4, 0.5) is 5.69 Å². The summed E-state index contributed by atoms with van der Waals surface area (Å²) in [6.07, 6.45) is 0. The number of para-hydroxylation sites is 1. The predicted molar refractivity (Wildman–Crippen MR) is 117 cm³/mol. The van der Waals surface area contributed by atoms with Gasteiger partial charge in [0, 0.05) is 32.7 Å². The van der Waals surface area contributed by atoms with Crippen molar-refractivity contribution in [1.82, 2.24) is 10.2 Å². The number of carbonyl (C=O) groups is 2. The number of anilines is 1. The van der Waals surface area contributed by atoms with Crippen molar-refractivity contribution in [2.75, 3.05) is 44.8 Å². The molecule has 0 radical (unpaired) electrons. The van der Waals surface area contributed by atoms with E-state index in [9.17, 15) is 9.59 Å². The van der Waals surface area contributed by atoms with Crippen molar-refractivity contribution in [2.24, 2.45) is 5.92 Å². The molecule has 1 aliphatic heterocycles. The van der Waals surface area contributed by atoms with Gasteiger partial charge in [-0.3, -0.25) is 14.5 Å². The van der Waals surface area contributed by atoms with Crippen molar-refractivity contribution in [3.05, 3.63) is 52.2 Å². The summed E-state index contributed by atoms with van der Waals surface area (Å²) in [6, 6.07) is 11.1. The average Bonchev–Trinajstić information content (AvgIpc) is 3.28. The number of nitrogens with zero attached hydrogens (tertiary/aromatic N) is 2. The van der Waals surface area contributed by atoms with Crippen LogP contribution in [0.2, 0.25) is 0 Å². The lowest BCUT2D eigenvalue weighted by molar-refractivity contribution is 0.00673. The van der Waals surface area contributed by atoms with E-state index in [0.717, 1.165) is 26.3 Å². The number of hydrogen-bond donors (Lipinski definition) is 1. The standard InChI is InChI=1S/C22H29N3O3S/c1-16(2)19(25-10-12-28-13-11-25)15-23-21(26)17-7-4-5-8-18(17)24(3)22(27)20-9-6-14-29-20/h4-9,14,16,19H,10-13,15H2,1-3H3,(H,23,26).